The molecule has 0 aromatic heterocycles. The molecule has 0 unspecified atom stereocenters. The maximum atomic E-state index is 13.2. The number of hydrogen-bond acceptors (Lipinski definition) is 4. The first-order valence-electron chi connectivity index (χ1n) is 10.6. The predicted molar refractivity (Wildman–Crippen MR) is 130 cm³/mol. The number of benzene rings is 3. The molecule has 3 aromatic rings. The Kier molecular flexibility index (Phi) is 6.58. The third-order valence-electron chi connectivity index (χ3n) is 5.75. The van der Waals surface area contributed by atoms with E-state index >= 15 is 0 Å². The van der Waals surface area contributed by atoms with Crippen molar-refractivity contribution in [1.29, 1.82) is 0 Å². The number of sulfonamides is 1. The van der Waals surface area contributed by atoms with Gasteiger partial charge in [-0.1, -0.05) is 24.3 Å². The molecule has 32 heavy (non-hydrogen) atoms. The first-order valence-corrected chi connectivity index (χ1v) is 13.2. The summed E-state index contributed by atoms with van der Waals surface area (Å²) < 4.78 is 27.7. The van der Waals surface area contributed by atoms with E-state index in [-0.39, 0.29) is 10.8 Å². The monoisotopic (exact) mass is 466 g/mol. The van der Waals surface area contributed by atoms with Crippen LogP contribution in [0.15, 0.2) is 82.6 Å². The molecule has 0 fully saturated rings. The van der Waals surface area contributed by atoms with Crippen LogP contribution < -0.4 is 4.31 Å². The lowest BCUT2D eigenvalue weighted by Gasteiger charge is -2.29. The molecule has 0 saturated heterocycles. The standard InChI is InChI=1S/C25H26N2O3S2/c1-3-27(32(29,30)24-14-12-23(31-2)13-15-24)22-10-8-20(9-11-22)25(28)26-17-16-19-6-4-5-7-21(19)18-26/h4-15H,3,16-18H2,1-2H3. The Labute approximate surface area is 194 Å². The van der Waals surface area contributed by atoms with Crippen LogP contribution in [-0.2, 0) is 23.0 Å². The molecule has 0 spiro atoms. The second kappa shape index (κ2) is 9.38. The summed E-state index contributed by atoms with van der Waals surface area (Å²) in [6.45, 7) is 3.37. The van der Waals surface area contributed by atoms with Crippen LogP contribution in [0.1, 0.15) is 28.4 Å². The van der Waals surface area contributed by atoms with Crippen molar-refractivity contribution in [3.05, 3.63) is 89.5 Å². The molecule has 4 rings (SSSR count). The maximum Gasteiger partial charge on any atom is 0.264 e. The normalized spacial score (nSPS) is 13.5. The quantitative estimate of drug-likeness (QED) is 0.489. The molecule has 0 N–H and O–H groups in total. The van der Waals surface area contributed by atoms with Gasteiger partial charge in [0.15, 0.2) is 0 Å². The van der Waals surface area contributed by atoms with Gasteiger partial charge in [-0.15, -0.1) is 11.8 Å². The van der Waals surface area contributed by atoms with Crippen molar-refractivity contribution in [2.75, 3.05) is 23.7 Å². The van der Waals surface area contributed by atoms with E-state index in [0.29, 0.717) is 30.9 Å². The fourth-order valence-corrected chi connectivity index (χ4v) is 5.87. The van der Waals surface area contributed by atoms with Gasteiger partial charge in [-0.2, -0.15) is 0 Å². The summed E-state index contributed by atoms with van der Waals surface area (Å²) in [5.41, 5.74) is 3.58. The highest BCUT2D eigenvalue weighted by molar-refractivity contribution is 7.98. The summed E-state index contributed by atoms with van der Waals surface area (Å²) in [5, 5.41) is 0. The number of nitrogens with zero attached hydrogens (tertiary/aromatic N) is 2. The molecule has 1 amide bonds. The number of thioether (sulfide) groups is 1. The van der Waals surface area contributed by atoms with Crippen molar-refractivity contribution in [3.8, 4) is 0 Å². The number of hydrogen-bond donors (Lipinski definition) is 0. The molecule has 7 heteroatoms. The SMILES string of the molecule is CCN(c1ccc(C(=O)N2CCc3ccccc3C2)cc1)S(=O)(=O)c1ccc(SC)cc1. The van der Waals surface area contributed by atoms with E-state index in [2.05, 4.69) is 12.1 Å². The smallest absolute Gasteiger partial charge is 0.264 e. The topological polar surface area (TPSA) is 57.7 Å². The fraction of sp³-hybridized carbons (Fsp3) is 0.240. The number of rotatable bonds is 6. The summed E-state index contributed by atoms with van der Waals surface area (Å²) >= 11 is 1.57. The van der Waals surface area contributed by atoms with E-state index in [1.54, 1.807) is 55.1 Å². The van der Waals surface area contributed by atoms with Crippen LogP contribution in [0, 0.1) is 0 Å². The number of carbonyl (C=O) groups excluding carboxylic acids is 1. The average molecular weight is 467 g/mol. The first kappa shape index (κ1) is 22.4. The van der Waals surface area contributed by atoms with Crippen LogP contribution >= 0.6 is 11.8 Å². The zero-order chi connectivity index (χ0) is 22.7. The molecule has 0 aliphatic carbocycles. The van der Waals surface area contributed by atoms with Crippen molar-refractivity contribution in [3.63, 3.8) is 0 Å². The molecular weight excluding hydrogens is 440 g/mol. The van der Waals surface area contributed by atoms with Gasteiger partial charge < -0.3 is 4.90 Å². The lowest BCUT2D eigenvalue weighted by Crippen LogP contribution is -2.36. The molecule has 5 nitrogen and oxygen atoms in total. The van der Waals surface area contributed by atoms with E-state index in [4.69, 9.17) is 0 Å². The minimum atomic E-state index is -3.69. The molecule has 0 atom stereocenters. The highest BCUT2D eigenvalue weighted by atomic mass is 32.2. The van der Waals surface area contributed by atoms with E-state index in [0.717, 1.165) is 11.3 Å². The molecule has 0 bridgehead atoms. The molecule has 1 heterocycles. The molecule has 0 radical (unpaired) electrons. The van der Waals surface area contributed by atoms with Gasteiger partial charge in [-0.25, -0.2) is 8.42 Å². The Morgan fingerprint density at radius 3 is 2.25 bits per heavy atom. The first-order chi connectivity index (χ1) is 15.4. The van der Waals surface area contributed by atoms with Crippen LogP contribution in [-0.4, -0.2) is 38.6 Å². The predicted octanol–water partition coefficient (Wildman–Crippen LogP) is 4.82. The van der Waals surface area contributed by atoms with Crippen LogP contribution in [0.5, 0.6) is 0 Å². The molecule has 1 aliphatic rings. The number of amides is 1. The lowest BCUT2D eigenvalue weighted by atomic mass is 9.99. The molecular formula is C25H26N2O3S2. The van der Waals surface area contributed by atoms with Crippen LogP contribution in [0.25, 0.3) is 0 Å². The van der Waals surface area contributed by atoms with Gasteiger partial charge in [0.25, 0.3) is 15.9 Å². The van der Waals surface area contributed by atoms with Crippen molar-refractivity contribution in [1.82, 2.24) is 4.90 Å². The van der Waals surface area contributed by atoms with Gasteiger partial charge >= 0.3 is 0 Å². The third kappa shape index (κ3) is 4.40. The van der Waals surface area contributed by atoms with Gasteiger partial charge in [-0.05, 0) is 79.3 Å². The van der Waals surface area contributed by atoms with Gasteiger partial charge in [0, 0.05) is 30.1 Å². The van der Waals surface area contributed by atoms with E-state index in [9.17, 15) is 13.2 Å². The number of fused-ring (bicyclic) bond motifs is 1. The molecule has 0 saturated carbocycles. The Morgan fingerprint density at radius 2 is 1.62 bits per heavy atom. The third-order valence-corrected chi connectivity index (χ3v) is 8.42. The highest BCUT2D eigenvalue weighted by Crippen LogP contribution is 2.26. The van der Waals surface area contributed by atoms with Crippen LogP contribution in [0.2, 0.25) is 0 Å². The van der Waals surface area contributed by atoms with Gasteiger partial charge in [0.05, 0.1) is 10.6 Å². The minimum Gasteiger partial charge on any atom is -0.334 e. The van der Waals surface area contributed by atoms with Crippen molar-refractivity contribution >= 4 is 33.4 Å². The van der Waals surface area contributed by atoms with Gasteiger partial charge in [-0.3, -0.25) is 9.10 Å². The Balaban J connectivity index is 1.53. The van der Waals surface area contributed by atoms with Gasteiger partial charge in [0.1, 0.15) is 0 Å². The zero-order valence-electron chi connectivity index (χ0n) is 18.2. The zero-order valence-corrected chi connectivity index (χ0v) is 19.8. The highest BCUT2D eigenvalue weighted by Gasteiger charge is 2.25. The van der Waals surface area contributed by atoms with Gasteiger partial charge in [0.2, 0.25) is 0 Å². The van der Waals surface area contributed by atoms with Crippen molar-refractivity contribution in [2.45, 2.75) is 29.7 Å². The second-order valence-corrected chi connectivity index (χ2v) is 10.4. The van der Waals surface area contributed by atoms with E-state index in [1.165, 1.54) is 15.4 Å². The minimum absolute atomic E-state index is 0.0374. The summed E-state index contributed by atoms with van der Waals surface area (Å²) in [6.07, 6.45) is 2.80. The summed E-state index contributed by atoms with van der Waals surface area (Å²) in [7, 11) is -3.69. The Bertz CT molecular complexity index is 1210. The summed E-state index contributed by atoms with van der Waals surface area (Å²) in [4.78, 5) is 16.1. The average Bonchev–Trinajstić information content (AvgIpc) is 2.84. The van der Waals surface area contributed by atoms with E-state index in [1.807, 2.05) is 35.4 Å². The van der Waals surface area contributed by atoms with E-state index < -0.39 is 10.0 Å². The Hall–Kier alpha value is -2.77. The number of anilines is 1. The maximum absolute atomic E-state index is 13.2. The van der Waals surface area contributed by atoms with Crippen LogP contribution in [0.3, 0.4) is 0 Å². The molecule has 3 aromatic carbocycles. The summed E-state index contributed by atoms with van der Waals surface area (Å²) in [6, 6.07) is 21.9. The fourth-order valence-electron chi connectivity index (χ4n) is 3.99. The Morgan fingerprint density at radius 1 is 0.969 bits per heavy atom. The number of carbonyl (C=O) groups is 1. The van der Waals surface area contributed by atoms with Crippen LogP contribution in [0.4, 0.5) is 5.69 Å². The molecule has 1 aliphatic heterocycles. The summed E-state index contributed by atoms with van der Waals surface area (Å²) in [5.74, 6) is -0.0374. The van der Waals surface area contributed by atoms with Crippen molar-refractivity contribution < 1.29 is 13.2 Å². The van der Waals surface area contributed by atoms with Crippen molar-refractivity contribution in [2.24, 2.45) is 0 Å². The lowest BCUT2D eigenvalue weighted by molar-refractivity contribution is 0.0734. The largest absolute Gasteiger partial charge is 0.334 e. The second-order valence-electron chi connectivity index (χ2n) is 7.64. The molecule has 166 valence electrons.